The van der Waals surface area contributed by atoms with Gasteiger partial charge in [0.1, 0.15) is 5.75 Å². The Bertz CT molecular complexity index is 279. The maximum atomic E-state index is 9.49. The lowest BCUT2D eigenvalue weighted by Crippen LogP contribution is -2.18. The second-order valence-corrected chi connectivity index (χ2v) is 2.85. The van der Waals surface area contributed by atoms with E-state index in [0.29, 0.717) is 18.8 Å². The van der Waals surface area contributed by atoms with Crippen molar-refractivity contribution in [3.63, 3.8) is 0 Å². The lowest BCUT2D eigenvalue weighted by atomic mass is 10.2. The van der Waals surface area contributed by atoms with Crippen molar-refractivity contribution in [3.05, 3.63) is 36.2 Å². The van der Waals surface area contributed by atoms with Crippen LogP contribution in [0, 0.1) is 6.42 Å². The molecule has 1 aromatic carbocycles. The molecule has 1 saturated heterocycles. The fraction of sp³-hybridized carbons (Fsp3) is 0.300. The Labute approximate surface area is 76.9 Å². The molecule has 1 N–H and O–H groups in total. The lowest BCUT2D eigenvalue weighted by Gasteiger charge is -2.23. The summed E-state index contributed by atoms with van der Waals surface area (Å²) in [6.07, 6.45) is 1.47. The van der Waals surface area contributed by atoms with Crippen molar-refractivity contribution < 1.29 is 14.6 Å². The van der Waals surface area contributed by atoms with E-state index in [9.17, 15) is 5.11 Å². The van der Waals surface area contributed by atoms with Gasteiger partial charge < -0.3 is 14.6 Å². The van der Waals surface area contributed by atoms with Crippen LogP contribution in [0.1, 0.15) is 11.9 Å². The number of ether oxygens (including phenoxy) is 2. The Hall–Kier alpha value is -1.06. The number of benzene rings is 1. The minimum Gasteiger partial charge on any atom is -0.507 e. The summed E-state index contributed by atoms with van der Waals surface area (Å²) >= 11 is 0. The highest BCUT2D eigenvalue weighted by atomic mass is 16.7. The standard InChI is InChI=1S/C10H11O3/c11-9-5-2-1-4-8(9)10-12-6-3-7-13-10/h1-5,10-11H,6-7H2. The molecular weight excluding hydrogens is 168 g/mol. The van der Waals surface area contributed by atoms with Crippen molar-refractivity contribution in [2.75, 3.05) is 13.2 Å². The van der Waals surface area contributed by atoms with Gasteiger partial charge in [0.05, 0.1) is 13.2 Å². The molecule has 0 saturated carbocycles. The molecule has 13 heavy (non-hydrogen) atoms. The normalized spacial score (nSPS) is 18.8. The second-order valence-electron chi connectivity index (χ2n) is 2.85. The Kier molecular flexibility index (Phi) is 2.47. The van der Waals surface area contributed by atoms with Crippen LogP contribution in [0.4, 0.5) is 0 Å². The van der Waals surface area contributed by atoms with E-state index in [4.69, 9.17) is 9.47 Å². The molecule has 0 atom stereocenters. The Balaban J connectivity index is 2.18. The Morgan fingerprint density at radius 3 is 2.54 bits per heavy atom. The zero-order valence-electron chi connectivity index (χ0n) is 7.14. The van der Waals surface area contributed by atoms with Crippen LogP contribution >= 0.6 is 0 Å². The molecular formula is C10H11O3. The quantitative estimate of drug-likeness (QED) is 0.712. The molecule has 2 rings (SSSR count). The molecule has 0 aromatic heterocycles. The third-order valence-electron chi connectivity index (χ3n) is 1.92. The molecule has 1 aromatic rings. The van der Waals surface area contributed by atoms with Gasteiger partial charge in [-0.3, -0.25) is 0 Å². The number of hydrogen-bond donors (Lipinski definition) is 1. The third-order valence-corrected chi connectivity index (χ3v) is 1.92. The van der Waals surface area contributed by atoms with E-state index in [1.165, 1.54) is 0 Å². The van der Waals surface area contributed by atoms with Crippen LogP contribution in [0.2, 0.25) is 0 Å². The molecule has 0 bridgehead atoms. The molecule has 3 heteroatoms. The van der Waals surface area contributed by atoms with Crippen LogP contribution in [-0.2, 0) is 9.47 Å². The van der Waals surface area contributed by atoms with Crippen LogP contribution in [0.15, 0.2) is 24.3 Å². The van der Waals surface area contributed by atoms with Gasteiger partial charge in [-0.2, -0.15) is 0 Å². The lowest BCUT2D eigenvalue weighted by molar-refractivity contribution is -0.164. The molecule has 0 spiro atoms. The fourth-order valence-electron chi connectivity index (χ4n) is 1.27. The Morgan fingerprint density at radius 2 is 1.85 bits per heavy atom. The van der Waals surface area contributed by atoms with Gasteiger partial charge in [0, 0.05) is 12.0 Å². The summed E-state index contributed by atoms with van der Waals surface area (Å²) in [7, 11) is 0. The number of phenolic OH excluding ortho intramolecular Hbond substituents is 1. The van der Waals surface area contributed by atoms with Crippen molar-refractivity contribution in [2.24, 2.45) is 0 Å². The molecule has 0 aliphatic carbocycles. The van der Waals surface area contributed by atoms with Crippen LogP contribution in [0.25, 0.3) is 0 Å². The summed E-state index contributed by atoms with van der Waals surface area (Å²) in [6, 6.07) is 7.04. The maximum absolute atomic E-state index is 9.49. The van der Waals surface area contributed by atoms with Crippen LogP contribution in [0.5, 0.6) is 5.75 Å². The monoisotopic (exact) mass is 179 g/mol. The third kappa shape index (κ3) is 1.82. The molecule has 0 unspecified atom stereocenters. The first-order chi connectivity index (χ1) is 6.38. The first-order valence-electron chi connectivity index (χ1n) is 4.20. The van der Waals surface area contributed by atoms with Crippen LogP contribution in [0.3, 0.4) is 0 Å². The van der Waals surface area contributed by atoms with Gasteiger partial charge in [-0.1, -0.05) is 18.2 Å². The van der Waals surface area contributed by atoms with Crippen molar-refractivity contribution in [1.29, 1.82) is 0 Å². The van der Waals surface area contributed by atoms with Crippen LogP contribution < -0.4 is 0 Å². The smallest absolute Gasteiger partial charge is 0.187 e. The first-order valence-corrected chi connectivity index (χ1v) is 4.20. The second kappa shape index (κ2) is 3.77. The van der Waals surface area contributed by atoms with E-state index >= 15 is 0 Å². The maximum Gasteiger partial charge on any atom is 0.187 e. The minimum atomic E-state index is -0.425. The summed E-state index contributed by atoms with van der Waals surface area (Å²) < 4.78 is 10.6. The molecule has 1 fully saturated rings. The number of phenols is 1. The number of aromatic hydroxyl groups is 1. The zero-order chi connectivity index (χ0) is 9.10. The number of hydrogen-bond acceptors (Lipinski definition) is 3. The van der Waals surface area contributed by atoms with Gasteiger partial charge in [0.15, 0.2) is 6.29 Å². The van der Waals surface area contributed by atoms with Gasteiger partial charge in [-0.05, 0) is 6.07 Å². The Morgan fingerprint density at radius 1 is 1.15 bits per heavy atom. The predicted octanol–water partition coefficient (Wildman–Crippen LogP) is 1.64. The van der Waals surface area contributed by atoms with Gasteiger partial charge in [0.25, 0.3) is 0 Å². The molecule has 1 aliphatic rings. The molecule has 1 aliphatic heterocycles. The summed E-state index contributed by atoms with van der Waals surface area (Å²) in [6.45, 7) is 1.14. The predicted molar refractivity (Wildman–Crippen MR) is 47.1 cm³/mol. The number of para-hydroxylation sites is 1. The molecule has 69 valence electrons. The zero-order valence-corrected chi connectivity index (χ0v) is 7.14. The van der Waals surface area contributed by atoms with Gasteiger partial charge in [0.2, 0.25) is 0 Å². The van der Waals surface area contributed by atoms with Crippen molar-refractivity contribution in [3.8, 4) is 5.75 Å². The number of rotatable bonds is 1. The highest BCUT2D eigenvalue weighted by molar-refractivity contribution is 5.32. The first kappa shape index (κ1) is 8.53. The van der Waals surface area contributed by atoms with E-state index < -0.39 is 6.29 Å². The van der Waals surface area contributed by atoms with E-state index in [0.717, 1.165) is 0 Å². The fourth-order valence-corrected chi connectivity index (χ4v) is 1.27. The highest BCUT2D eigenvalue weighted by Gasteiger charge is 2.18. The van der Waals surface area contributed by atoms with E-state index in [1.54, 1.807) is 18.2 Å². The van der Waals surface area contributed by atoms with Gasteiger partial charge in [-0.15, -0.1) is 0 Å². The summed E-state index contributed by atoms with van der Waals surface area (Å²) in [4.78, 5) is 0. The molecule has 1 heterocycles. The van der Waals surface area contributed by atoms with Crippen molar-refractivity contribution >= 4 is 0 Å². The van der Waals surface area contributed by atoms with Crippen molar-refractivity contribution in [2.45, 2.75) is 6.29 Å². The van der Waals surface area contributed by atoms with E-state index in [-0.39, 0.29) is 5.75 Å². The summed E-state index contributed by atoms with van der Waals surface area (Å²) in [5, 5.41) is 9.49. The molecule has 0 amide bonds. The van der Waals surface area contributed by atoms with Crippen molar-refractivity contribution in [1.82, 2.24) is 0 Å². The topological polar surface area (TPSA) is 38.7 Å². The molecule has 1 radical (unpaired) electrons. The van der Waals surface area contributed by atoms with E-state index in [1.807, 2.05) is 12.5 Å². The minimum absolute atomic E-state index is 0.217. The SMILES string of the molecule is Oc1ccccc1C1OC[CH]CO1. The largest absolute Gasteiger partial charge is 0.507 e. The average Bonchev–Trinajstić information content (AvgIpc) is 2.20. The van der Waals surface area contributed by atoms with Crippen LogP contribution in [-0.4, -0.2) is 18.3 Å². The summed E-state index contributed by atoms with van der Waals surface area (Å²) in [5.74, 6) is 0.217. The van der Waals surface area contributed by atoms with Gasteiger partial charge >= 0.3 is 0 Å². The van der Waals surface area contributed by atoms with Gasteiger partial charge in [-0.25, -0.2) is 0 Å². The molecule has 3 nitrogen and oxygen atoms in total. The average molecular weight is 179 g/mol. The summed E-state index contributed by atoms with van der Waals surface area (Å²) in [5.41, 5.74) is 0.690. The van der Waals surface area contributed by atoms with E-state index in [2.05, 4.69) is 0 Å². The highest BCUT2D eigenvalue weighted by Crippen LogP contribution is 2.29.